The molecule has 4 rings (SSSR count). The van der Waals surface area contributed by atoms with Gasteiger partial charge in [-0.05, 0) is 136 Å². The topological polar surface area (TPSA) is 46.5 Å². The number of benzene rings is 1. The molecule has 0 aliphatic heterocycles. The number of ether oxygens (including phenoxy) is 1. The summed E-state index contributed by atoms with van der Waals surface area (Å²) in [6.45, 7) is 8.30. The predicted molar refractivity (Wildman–Crippen MR) is 171 cm³/mol. The number of aliphatic hydroxyl groups is 1. The lowest BCUT2D eigenvalue weighted by molar-refractivity contribution is -0.139. The molecule has 0 unspecified atom stereocenters. The third kappa shape index (κ3) is 9.44. The quantitative estimate of drug-likeness (QED) is 0.139. The Labute approximate surface area is 251 Å². The fraction of sp³-hybridized carbons (Fsp3) is 0.763. The first kappa shape index (κ1) is 32.3. The van der Waals surface area contributed by atoms with Crippen LogP contribution in [0.2, 0.25) is 0 Å². The number of rotatable bonds is 14. The van der Waals surface area contributed by atoms with Gasteiger partial charge in [0.15, 0.2) is 0 Å². The number of hydrogen-bond acceptors (Lipinski definition) is 3. The summed E-state index contributed by atoms with van der Waals surface area (Å²) in [6.07, 6.45) is 25.8. The first-order valence-corrected chi connectivity index (χ1v) is 17.6. The SMILES string of the molecule is C=C(CO)C(=O)OCCCC1CCC(c2ccc(C3CCC(C4CCC(CCCCC)CC4)CC3)cc2CC)CC1. The summed E-state index contributed by atoms with van der Waals surface area (Å²) < 4.78 is 5.22. The van der Waals surface area contributed by atoms with Crippen molar-refractivity contribution in [2.24, 2.45) is 23.7 Å². The van der Waals surface area contributed by atoms with E-state index in [4.69, 9.17) is 9.84 Å². The number of aliphatic hydroxyl groups excluding tert-OH is 1. The van der Waals surface area contributed by atoms with Crippen molar-refractivity contribution in [2.45, 2.75) is 148 Å². The van der Waals surface area contributed by atoms with E-state index in [0.29, 0.717) is 12.5 Å². The third-order valence-electron chi connectivity index (χ3n) is 11.3. The molecule has 0 heterocycles. The van der Waals surface area contributed by atoms with Crippen molar-refractivity contribution >= 4 is 5.97 Å². The first-order valence-electron chi connectivity index (χ1n) is 17.6. The molecule has 3 nitrogen and oxygen atoms in total. The Bertz CT molecular complexity index is 927. The van der Waals surface area contributed by atoms with Gasteiger partial charge in [0.1, 0.15) is 0 Å². The van der Waals surface area contributed by atoms with Crippen LogP contribution in [0.4, 0.5) is 0 Å². The van der Waals surface area contributed by atoms with Gasteiger partial charge in [-0.3, -0.25) is 0 Å². The van der Waals surface area contributed by atoms with E-state index < -0.39 is 5.97 Å². The summed E-state index contributed by atoms with van der Waals surface area (Å²) in [6, 6.07) is 7.61. The highest BCUT2D eigenvalue weighted by atomic mass is 16.5. The number of esters is 1. The van der Waals surface area contributed by atoms with Gasteiger partial charge < -0.3 is 9.84 Å². The van der Waals surface area contributed by atoms with E-state index in [1.165, 1.54) is 103 Å². The maximum Gasteiger partial charge on any atom is 0.335 e. The van der Waals surface area contributed by atoms with E-state index >= 15 is 0 Å². The molecule has 230 valence electrons. The molecule has 3 aliphatic carbocycles. The van der Waals surface area contributed by atoms with E-state index in [9.17, 15) is 4.79 Å². The zero-order chi connectivity index (χ0) is 29.0. The lowest BCUT2D eigenvalue weighted by atomic mass is 9.67. The molecule has 1 N–H and O–H groups in total. The molecule has 3 saturated carbocycles. The molecule has 1 aromatic rings. The van der Waals surface area contributed by atoms with Crippen LogP contribution in [0.1, 0.15) is 158 Å². The molecule has 0 radical (unpaired) electrons. The van der Waals surface area contributed by atoms with E-state index in [1.54, 1.807) is 16.7 Å². The number of hydrogen-bond donors (Lipinski definition) is 1. The Balaban J connectivity index is 1.19. The van der Waals surface area contributed by atoms with E-state index in [0.717, 1.165) is 48.9 Å². The highest BCUT2D eigenvalue weighted by Gasteiger charge is 2.32. The van der Waals surface area contributed by atoms with Crippen molar-refractivity contribution < 1.29 is 14.6 Å². The predicted octanol–water partition coefficient (Wildman–Crippen LogP) is 10.1. The summed E-state index contributed by atoms with van der Waals surface area (Å²) in [5.74, 6) is 4.80. The van der Waals surface area contributed by atoms with Crippen molar-refractivity contribution in [3.05, 3.63) is 47.0 Å². The highest BCUT2D eigenvalue weighted by molar-refractivity contribution is 5.87. The van der Waals surface area contributed by atoms with Gasteiger partial charge in [-0.25, -0.2) is 4.79 Å². The Morgan fingerprint density at radius 2 is 1.39 bits per heavy atom. The summed E-state index contributed by atoms with van der Waals surface area (Å²) in [4.78, 5) is 11.7. The van der Waals surface area contributed by atoms with E-state index in [2.05, 4.69) is 38.6 Å². The maximum atomic E-state index is 11.7. The largest absolute Gasteiger partial charge is 0.462 e. The van der Waals surface area contributed by atoms with Crippen LogP contribution in [0.3, 0.4) is 0 Å². The minimum absolute atomic E-state index is 0.140. The molecule has 3 aliphatic rings. The lowest BCUT2D eigenvalue weighted by Crippen LogP contribution is -2.25. The van der Waals surface area contributed by atoms with E-state index in [-0.39, 0.29) is 12.2 Å². The highest BCUT2D eigenvalue weighted by Crippen LogP contribution is 2.45. The standard InChI is InChI=1S/C38H60O3/c1-4-6-7-9-29-11-15-32(16-12-29)33-19-21-34(22-20-33)36-23-24-37(31(5-2)26-36)35-17-13-30(14-18-35)10-8-25-41-38(40)28(3)27-39/h23-24,26,29-30,32-35,39H,3-22,25,27H2,1-2H3. The average molecular weight is 565 g/mol. The fourth-order valence-corrected chi connectivity index (χ4v) is 8.60. The molecule has 0 atom stereocenters. The van der Waals surface area contributed by atoms with Crippen LogP contribution >= 0.6 is 0 Å². The van der Waals surface area contributed by atoms with Crippen LogP contribution in [-0.4, -0.2) is 24.3 Å². The van der Waals surface area contributed by atoms with Gasteiger partial charge in [-0.2, -0.15) is 0 Å². The zero-order valence-corrected chi connectivity index (χ0v) is 26.5. The first-order chi connectivity index (χ1) is 20.0. The van der Waals surface area contributed by atoms with Gasteiger partial charge in [0.25, 0.3) is 0 Å². The van der Waals surface area contributed by atoms with Gasteiger partial charge in [0, 0.05) is 0 Å². The van der Waals surface area contributed by atoms with Crippen LogP contribution in [0.15, 0.2) is 30.4 Å². The van der Waals surface area contributed by atoms with Crippen LogP contribution in [0.5, 0.6) is 0 Å². The minimum Gasteiger partial charge on any atom is -0.462 e. The van der Waals surface area contributed by atoms with Crippen LogP contribution < -0.4 is 0 Å². The van der Waals surface area contributed by atoms with Gasteiger partial charge >= 0.3 is 5.97 Å². The van der Waals surface area contributed by atoms with Crippen molar-refractivity contribution in [2.75, 3.05) is 13.2 Å². The molecule has 0 bridgehead atoms. The molecule has 0 aromatic heterocycles. The molecule has 41 heavy (non-hydrogen) atoms. The summed E-state index contributed by atoms with van der Waals surface area (Å²) in [5, 5.41) is 8.99. The summed E-state index contributed by atoms with van der Waals surface area (Å²) in [7, 11) is 0. The van der Waals surface area contributed by atoms with E-state index in [1.807, 2.05) is 0 Å². The minimum atomic E-state index is -0.463. The maximum absolute atomic E-state index is 11.7. The third-order valence-corrected chi connectivity index (χ3v) is 11.3. The van der Waals surface area contributed by atoms with Crippen LogP contribution in [0, 0.1) is 23.7 Å². The second kappa shape index (κ2) is 16.9. The Kier molecular flexibility index (Phi) is 13.3. The molecule has 0 saturated heterocycles. The molecule has 1 aromatic carbocycles. The lowest BCUT2D eigenvalue weighted by Gasteiger charge is -2.38. The zero-order valence-electron chi connectivity index (χ0n) is 26.5. The molecular formula is C38H60O3. The Morgan fingerprint density at radius 1 is 0.805 bits per heavy atom. The van der Waals surface area contributed by atoms with Crippen molar-refractivity contribution in [3.63, 3.8) is 0 Å². The monoisotopic (exact) mass is 564 g/mol. The van der Waals surface area contributed by atoms with Crippen molar-refractivity contribution in [3.8, 4) is 0 Å². The van der Waals surface area contributed by atoms with Gasteiger partial charge in [-0.15, -0.1) is 0 Å². The molecule has 0 spiro atoms. The number of carbonyl (C=O) groups excluding carboxylic acids is 1. The number of unbranched alkanes of at least 4 members (excludes halogenated alkanes) is 2. The molecule has 3 heteroatoms. The second-order valence-corrected chi connectivity index (χ2v) is 14.0. The van der Waals surface area contributed by atoms with Crippen molar-refractivity contribution in [1.82, 2.24) is 0 Å². The Hall–Kier alpha value is -1.61. The molecular weight excluding hydrogens is 504 g/mol. The van der Waals surface area contributed by atoms with Crippen molar-refractivity contribution in [1.29, 1.82) is 0 Å². The van der Waals surface area contributed by atoms with Gasteiger partial charge in [-0.1, -0.05) is 77.2 Å². The fourth-order valence-electron chi connectivity index (χ4n) is 8.60. The summed E-state index contributed by atoms with van der Waals surface area (Å²) in [5.41, 5.74) is 4.98. The molecule has 3 fully saturated rings. The van der Waals surface area contributed by atoms with Crippen LogP contribution in [0.25, 0.3) is 0 Å². The summed E-state index contributed by atoms with van der Waals surface area (Å²) >= 11 is 0. The normalized spacial score (nSPS) is 28.8. The molecule has 0 amide bonds. The number of aryl methyl sites for hydroxylation is 1. The van der Waals surface area contributed by atoms with Gasteiger partial charge in [0.2, 0.25) is 0 Å². The van der Waals surface area contributed by atoms with Gasteiger partial charge in [0.05, 0.1) is 18.8 Å². The second-order valence-electron chi connectivity index (χ2n) is 14.0. The average Bonchev–Trinajstić information content (AvgIpc) is 3.03. The number of carbonyl (C=O) groups is 1. The van der Waals surface area contributed by atoms with Crippen LogP contribution in [-0.2, 0) is 16.0 Å². The smallest absolute Gasteiger partial charge is 0.335 e. The Morgan fingerprint density at radius 3 is 2.00 bits per heavy atom.